The first-order valence-corrected chi connectivity index (χ1v) is 10.4. The van der Waals surface area contributed by atoms with Crippen molar-refractivity contribution >= 4 is 55.6 Å². The Hall–Kier alpha value is -3.98. The largest absolute Gasteiger partial charge is 0.318 e. The number of amides is 2. The van der Waals surface area contributed by atoms with Crippen LogP contribution in [-0.4, -0.2) is 31.8 Å². The number of nitrogens with one attached hydrogen (secondary N) is 3. The quantitative estimate of drug-likeness (QED) is 0.375. The molecule has 2 aromatic carbocycles. The third-order valence-electron chi connectivity index (χ3n) is 4.95. The number of fused-ring (bicyclic) bond motifs is 2. The summed E-state index contributed by atoms with van der Waals surface area (Å²) in [7, 11) is 1.70. The summed E-state index contributed by atoms with van der Waals surface area (Å²) in [4.78, 5) is 26.0. The maximum Gasteiger partial charge on any atom is 0.315 e. The second-order valence-corrected chi connectivity index (χ2v) is 8.29. The number of thiophene rings is 1. The van der Waals surface area contributed by atoms with Crippen molar-refractivity contribution < 1.29 is 9.59 Å². The van der Waals surface area contributed by atoms with Crippen molar-refractivity contribution in [2.75, 3.05) is 10.6 Å². The van der Waals surface area contributed by atoms with Gasteiger partial charge in [0.25, 0.3) is 0 Å². The lowest BCUT2D eigenvalue weighted by Crippen LogP contribution is -2.29. The highest BCUT2D eigenvalue weighted by Crippen LogP contribution is 2.38. The predicted molar refractivity (Wildman–Crippen MR) is 122 cm³/mol. The van der Waals surface area contributed by atoms with E-state index < -0.39 is 11.8 Å². The molecule has 3 aromatic heterocycles. The van der Waals surface area contributed by atoms with Crippen molar-refractivity contribution in [2.45, 2.75) is 6.92 Å². The molecule has 0 spiro atoms. The van der Waals surface area contributed by atoms with Crippen LogP contribution in [0.15, 0.2) is 54.7 Å². The van der Waals surface area contributed by atoms with Gasteiger partial charge in [-0.05, 0) is 36.6 Å². The number of hydrogen-bond acceptors (Lipinski definition) is 5. The minimum atomic E-state index is -0.765. The standard InChI is InChI=1S/C22H18N6O2S/c1-12-7-19(28(2)27-12)25-22(30)21(29)24-15-8-14-11-23-26-20(14)16(10-15)18-9-13-5-3-4-6-17(13)31-18/h3-11H,1-2H3,(H,23,26)(H,24,29)(H,25,30). The molecule has 0 bridgehead atoms. The number of aromatic nitrogens is 4. The van der Waals surface area contributed by atoms with E-state index in [1.54, 1.807) is 36.7 Å². The Labute approximate surface area is 180 Å². The van der Waals surface area contributed by atoms with Gasteiger partial charge in [0.2, 0.25) is 0 Å². The summed E-state index contributed by atoms with van der Waals surface area (Å²) in [6.45, 7) is 1.81. The highest BCUT2D eigenvalue weighted by Gasteiger charge is 2.18. The monoisotopic (exact) mass is 430 g/mol. The van der Waals surface area contributed by atoms with Gasteiger partial charge >= 0.3 is 11.8 Å². The van der Waals surface area contributed by atoms with E-state index in [9.17, 15) is 9.59 Å². The maximum atomic E-state index is 12.5. The van der Waals surface area contributed by atoms with Gasteiger partial charge < -0.3 is 10.6 Å². The zero-order valence-electron chi connectivity index (χ0n) is 16.8. The molecule has 5 aromatic rings. The van der Waals surface area contributed by atoms with E-state index >= 15 is 0 Å². The fraction of sp³-hybridized carbons (Fsp3) is 0.0909. The predicted octanol–water partition coefficient (Wildman–Crippen LogP) is 4.06. The Balaban J connectivity index is 1.46. The Kier molecular flexibility index (Phi) is 4.52. The van der Waals surface area contributed by atoms with Crippen LogP contribution in [0, 0.1) is 6.92 Å². The van der Waals surface area contributed by atoms with Crippen molar-refractivity contribution in [3.05, 3.63) is 60.4 Å². The average Bonchev–Trinajstić information content (AvgIpc) is 3.45. The van der Waals surface area contributed by atoms with E-state index in [4.69, 9.17) is 0 Å². The molecule has 5 rings (SSSR count). The number of nitrogens with zero attached hydrogens (tertiary/aromatic N) is 3. The minimum Gasteiger partial charge on any atom is -0.318 e. The number of carbonyl (C=O) groups excluding carboxylic acids is 2. The van der Waals surface area contributed by atoms with Gasteiger partial charge in [0.15, 0.2) is 0 Å². The molecule has 0 aliphatic heterocycles. The number of anilines is 2. The van der Waals surface area contributed by atoms with E-state index in [0.29, 0.717) is 11.5 Å². The Morgan fingerprint density at radius 1 is 1.03 bits per heavy atom. The molecule has 0 saturated carbocycles. The second-order valence-electron chi connectivity index (χ2n) is 7.21. The fourth-order valence-corrected chi connectivity index (χ4v) is 4.61. The average molecular weight is 430 g/mol. The van der Waals surface area contributed by atoms with Gasteiger partial charge in [-0.25, -0.2) is 0 Å². The zero-order chi connectivity index (χ0) is 21.5. The molecule has 3 heterocycles. The number of carbonyl (C=O) groups is 2. The van der Waals surface area contributed by atoms with Crippen molar-refractivity contribution in [1.82, 2.24) is 20.0 Å². The first kappa shape index (κ1) is 19.0. The topological polar surface area (TPSA) is 105 Å². The number of aryl methyl sites for hydroxylation is 2. The Bertz CT molecular complexity index is 1430. The van der Waals surface area contributed by atoms with Crippen LogP contribution in [0.3, 0.4) is 0 Å². The van der Waals surface area contributed by atoms with Gasteiger partial charge in [0.05, 0.1) is 17.4 Å². The molecule has 0 aliphatic carbocycles. The molecule has 2 amide bonds. The number of hydrogen-bond donors (Lipinski definition) is 3. The normalized spacial score (nSPS) is 11.2. The third-order valence-corrected chi connectivity index (χ3v) is 6.10. The van der Waals surface area contributed by atoms with E-state index in [2.05, 4.69) is 44.1 Å². The summed E-state index contributed by atoms with van der Waals surface area (Å²) in [5.41, 5.74) is 3.05. The molecular formula is C22H18N6O2S. The lowest BCUT2D eigenvalue weighted by molar-refractivity contribution is -0.133. The SMILES string of the molecule is Cc1cc(NC(=O)C(=O)Nc2cc(-c3cc4ccccc4s3)c3[nH]ncc3c2)n(C)n1. The van der Waals surface area contributed by atoms with Crippen molar-refractivity contribution in [2.24, 2.45) is 7.05 Å². The van der Waals surface area contributed by atoms with Gasteiger partial charge in [-0.3, -0.25) is 19.4 Å². The highest BCUT2D eigenvalue weighted by molar-refractivity contribution is 7.22. The molecule has 0 atom stereocenters. The van der Waals surface area contributed by atoms with E-state index in [1.807, 2.05) is 25.1 Å². The van der Waals surface area contributed by atoms with Crippen LogP contribution in [0.25, 0.3) is 31.4 Å². The number of rotatable bonds is 3. The van der Waals surface area contributed by atoms with Crippen LogP contribution in [-0.2, 0) is 16.6 Å². The number of aromatic amines is 1. The van der Waals surface area contributed by atoms with Gasteiger partial charge in [0.1, 0.15) is 5.82 Å². The van der Waals surface area contributed by atoms with E-state index in [0.717, 1.165) is 32.4 Å². The molecule has 154 valence electrons. The van der Waals surface area contributed by atoms with Gasteiger partial charge in [-0.1, -0.05) is 18.2 Å². The van der Waals surface area contributed by atoms with Crippen LogP contribution < -0.4 is 10.6 Å². The Morgan fingerprint density at radius 2 is 1.84 bits per heavy atom. The fourth-order valence-electron chi connectivity index (χ4n) is 3.53. The van der Waals surface area contributed by atoms with Crippen LogP contribution in [0.1, 0.15) is 5.69 Å². The van der Waals surface area contributed by atoms with Crippen LogP contribution in [0.5, 0.6) is 0 Å². The van der Waals surface area contributed by atoms with Gasteiger partial charge in [-0.2, -0.15) is 10.2 Å². The maximum absolute atomic E-state index is 12.5. The van der Waals surface area contributed by atoms with Crippen molar-refractivity contribution in [3.8, 4) is 10.4 Å². The number of benzene rings is 2. The van der Waals surface area contributed by atoms with Gasteiger partial charge in [0, 0.05) is 39.3 Å². The first-order chi connectivity index (χ1) is 15.0. The minimum absolute atomic E-state index is 0.453. The summed E-state index contributed by atoms with van der Waals surface area (Å²) < 4.78 is 2.68. The molecule has 0 aliphatic rings. The van der Waals surface area contributed by atoms with Crippen LogP contribution in [0.4, 0.5) is 11.5 Å². The molecule has 31 heavy (non-hydrogen) atoms. The lowest BCUT2D eigenvalue weighted by Gasteiger charge is -2.09. The molecular weight excluding hydrogens is 412 g/mol. The smallest absolute Gasteiger partial charge is 0.315 e. The van der Waals surface area contributed by atoms with E-state index in [1.165, 1.54) is 9.38 Å². The number of H-pyrrole nitrogens is 1. The Morgan fingerprint density at radius 3 is 2.61 bits per heavy atom. The molecule has 3 N–H and O–H groups in total. The van der Waals surface area contributed by atoms with E-state index in [-0.39, 0.29) is 0 Å². The highest BCUT2D eigenvalue weighted by atomic mass is 32.1. The van der Waals surface area contributed by atoms with Crippen LogP contribution in [0.2, 0.25) is 0 Å². The summed E-state index contributed by atoms with van der Waals surface area (Å²) >= 11 is 1.66. The summed E-state index contributed by atoms with van der Waals surface area (Å²) in [6, 6.07) is 15.6. The lowest BCUT2D eigenvalue weighted by atomic mass is 10.1. The summed E-state index contributed by atoms with van der Waals surface area (Å²) in [5, 5.41) is 18.6. The first-order valence-electron chi connectivity index (χ1n) is 9.57. The molecule has 0 unspecified atom stereocenters. The second kappa shape index (κ2) is 7.37. The van der Waals surface area contributed by atoms with Gasteiger partial charge in [-0.15, -0.1) is 11.3 Å². The molecule has 0 fully saturated rings. The van der Waals surface area contributed by atoms with Crippen molar-refractivity contribution in [3.63, 3.8) is 0 Å². The molecule has 8 nitrogen and oxygen atoms in total. The third kappa shape index (κ3) is 3.55. The molecule has 9 heteroatoms. The zero-order valence-corrected chi connectivity index (χ0v) is 17.6. The van der Waals surface area contributed by atoms with Crippen LogP contribution >= 0.6 is 11.3 Å². The van der Waals surface area contributed by atoms with Crippen molar-refractivity contribution in [1.29, 1.82) is 0 Å². The molecule has 0 saturated heterocycles. The molecule has 0 radical (unpaired) electrons. The summed E-state index contributed by atoms with van der Waals surface area (Å²) in [5.74, 6) is -1.07. The summed E-state index contributed by atoms with van der Waals surface area (Å²) in [6.07, 6.45) is 1.69.